The minimum atomic E-state index is -1.19. The third-order valence-corrected chi connectivity index (χ3v) is 10.6. The van der Waals surface area contributed by atoms with Crippen molar-refractivity contribution in [2.24, 2.45) is 0 Å². The van der Waals surface area contributed by atoms with Crippen molar-refractivity contribution < 1.29 is 42.8 Å². The molecule has 0 aliphatic heterocycles. The maximum atomic E-state index is 15.5. The molecule has 0 saturated heterocycles. The Morgan fingerprint density at radius 2 is 1.15 bits per heavy atom. The van der Waals surface area contributed by atoms with Crippen LogP contribution in [0.15, 0.2) is 91.0 Å². The molecule has 0 bridgehead atoms. The summed E-state index contributed by atoms with van der Waals surface area (Å²) in [6, 6.07) is 24.2. The summed E-state index contributed by atoms with van der Waals surface area (Å²) in [4.78, 5) is 26.9. The molecule has 6 aromatic rings. The van der Waals surface area contributed by atoms with Crippen LogP contribution in [0.2, 0.25) is 0 Å². The van der Waals surface area contributed by atoms with Crippen LogP contribution in [-0.2, 0) is 25.7 Å². The molecule has 0 amide bonds. The maximum absolute atomic E-state index is 15.5. The molecule has 0 saturated carbocycles. The molecule has 0 aromatic heterocycles. The van der Waals surface area contributed by atoms with E-state index in [0.717, 1.165) is 38.9 Å². The second-order valence-electron chi connectivity index (χ2n) is 13.5. The summed E-state index contributed by atoms with van der Waals surface area (Å²) in [6.45, 7) is 1.87. The SMILES string of the molecule is COc1cc2c(cc1O)-c1cc(C(=O)Oc3cc4c(cc3OC)-c3cc(C(=O)O)c(-c5ccccc5F)cc3CC4)c(-c3ccccc3F)c(C)c1CC2. The van der Waals surface area contributed by atoms with Gasteiger partial charge >= 0.3 is 11.9 Å². The first-order chi connectivity index (χ1) is 26.1. The molecule has 270 valence electrons. The van der Waals surface area contributed by atoms with Gasteiger partial charge in [0.05, 0.1) is 25.3 Å². The highest BCUT2D eigenvalue weighted by Crippen LogP contribution is 2.47. The Morgan fingerprint density at radius 1 is 0.593 bits per heavy atom. The highest BCUT2D eigenvalue weighted by Gasteiger charge is 2.30. The van der Waals surface area contributed by atoms with Crippen molar-refractivity contribution in [1.82, 2.24) is 0 Å². The first-order valence-electron chi connectivity index (χ1n) is 17.5. The standard InChI is InChI=1S/C45H34F2O7/c1-23-27-15-14-26-17-40(52-2)39(48)21-31(26)34(27)20-36(43(23)29-9-5-7-11-38(29)47)45(51)54-42-18-25-13-12-24-16-33(28-8-4-6-10-37(28)46)35(44(49)50)19-30(24)32(25)22-41(42)53-3/h4-11,16-22,48H,12-15H2,1-3H3,(H,49,50). The van der Waals surface area contributed by atoms with Gasteiger partial charge in [-0.05, 0) is 143 Å². The largest absolute Gasteiger partial charge is 0.504 e. The van der Waals surface area contributed by atoms with Crippen LogP contribution in [0.4, 0.5) is 8.78 Å². The van der Waals surface area contributed by atoms with E-state index in [1.54, 1.807) is 78.9 Å². The molecule has 7 nitrogen and oxygen atoms in total. The first kappa shape index (κ1) is 34.6. The average Bonchev–Trinajstić information content (AvgIpc) is 3.17. The Bertz CT molecular complexity index is 2560. The predicted octanol–water partition coefficient (Wildman–Crippen LogP) is 9.78. The van der Waals surface area contributed by atoms with Crippen molar-refractivity contribution in [2.75, 3.05) is 14.2 Å². The third-order valence-electron chi connectivity index (χ3n) is 10.6. The number of methoxy groups -OCH3 is 2. The molecular formula is C45H34F2O7. The number of carboxylic acid groups (broad SMARTS) is 1. The summed E-state index contributed by atoms with van der Waals surface area (Å²) >= 11 is 0. The second-order valence-corrected chi connectivity index (χ2v) is 13.5. The summed E-state index contributed by atoms with van der Waals surface area (Å²) in [7, 11) is 2.93. The number of halogens is 2. The van der Waals surface area contributed by atoms with E-state index in [4.69, 9.17) is 14.2 Å². The van der Waals surface area contributed by atoms with Crippen LogP contribution in [0.5, 0.6) is 23.0 Å². The van der Waals surface area contributed by atoms with Crippen LogP contribution in [0, 0.1) is 18.6 Å². The maximum Gasteiger partial charge on any atom is 0.344 e. The Kier molecular flexibility index (Phi) is 8.65. The van der Waals surface area contributed by atoms with Crippen LogP contribution < -0.4 is 14.2 Å². The number of carboxylic acids is 1. The number of esters is 1. The summed E-state index contributed by atoms with van der Waals surface area (Å²) in [5.41, 5.74) is 8.36. The smallest absolute Gasteiger partial charge is 0.344 e. The third kappa shape index (κ3) is 5.73. The lowest BCUT2D eigenvalue weighted by Gasteiger charge is -2.26. The number of hydrogen-bond acceptors (Lipinski definition) is 6. The number of aryl methyl sites for hydroxylation is 3. The van der Waals surface area contributed by atoms with Crippen LogP contribution in [0.25, 0.3) is 44.5 Å². The molecule has 2 aliphatic carbocycles. The van der Waals surface area contributed by atoms with E-state index in [2.05, 4.69) is 0 Å². The molecule has 0 atom stereocenters. The highest BCUT2D eigenvalue weighted by molar-refractivity contribution is 6.03. The van der Waals surface area contributed by atoms with E-state index in [9.17, 15) is 24.2 Å². The minimum Gasteiger partial charge on any atom is -0.504 e. The number of hydrogen-bond donors (Lipinski definition) is 2. The van der Waals surface area contributed by atoms with E-state index in [0.29, 0.717) is 53.7 Å². The van der Waals surface area contributed by atoms with Crippen molar-refractivity contribution in [3.05, 3.63) is 142 Å². The van der Waals surface area contributed by atoms with Gasteiger partial charge in [-0.1, -0.05) is 36.4 Å². The lowest BCUT2D eigenvalue weighted by molar-refractivity contribution is 0.0694. The number of ether oxygens (including phenoxy) is 3. The van der Waals surface area contributed by atoms with Gasteiger partial charge in [0, 0.05) is 16.7 Å². The number of phenolic OH excluding ortho intramolecular Hbond substituents is 1. The van der Waals surface area contributed by atoms with Gasteiger partial charge in [0.2, 0.25) is 0 Å². The Labute approximate surface area is 310 Å². The second kappa shape index (κ2) is 13.5. The zero-order valence-corrected chi connectivity index (χ0v) is 29.7. The first-order valence-corrected chi connectivity index (χ1v) is 17.5. The molecule has 54 heavy (non-hydrogen) atoms. The van der Waals surface area contributed by atoms with E-state index in [-0.39, 0.29) is 39.5 Å². The molecule has 6 aromatic carbocycles. The van der Waals surface area contributed by atoms with Crippen molar-refractivity contribution in [2.45, 2.75) is 32.6 Å². The van der Waals surface area contributed by atoms with Gasteiger partial charge in [0.1, 0.15) is 11.6 Å². The van der Waals surface area contributed by atoms with Gasteiger partial charge in [0.25, 0.3) is 0 Å². The van der Waals surface area contributed by atoms with Crippen molar-refractivity contribution >= 4 is 11.9 Å². The number of carbonyl (C=O) groups excluding carboxylic acids is 1. The lowest BCUT2D eigenvalue weighted by Crippen LogP contribution is -2.16. The molecule has 2 aliphatic rings. The average molecular weight is 725 g/mol. The molecule has 0 spiro atoms. The van der Waals surface area contributed by atoms with Gasteiger partial charge in [0.15, 0.2) is 23.0 Å². The van der Waals surface area contributed by atoms with Crippen LogP contribution in [0.3, 0.4) is 0 Å². The van der Waals surface area contributed by atoms with Crippen molar-refractivity contribution in [3.8, 4) is 67.5 Å². The Morgan fingerprint density at radius 3 is 1.80 bits per heavy atom. The fraction of sp³-hybridized carbons (Fsp3) is 0.156. The van der Waals surface area contributed by atoms with Crippen LogP contribution in [0.1, 0.15) is 48.5 Å². The molecule has 0 radical (unpaired) electrons. The van der Waals surface area contributed by atoms with Crippen LogP contribution in [-0.4, -0.2) is 36.4 Å². The molecule has 8 rings (SSSR count). The Balaban J connectivity index is 1.24. The number of carbonyl (C=O) groups is 2. The van der Waals surface area contributed by atoms with Crippen LogP contribution >= 0.6 is 0 Å². The monoisotopic (exact) mass is 724 g/mol. The van der Waals surface area contributed by atoms with Gasteiger partial charge < -0.3 is 24.4 Å². The van der Waals surface area contributed by atoms with Gasteiger partial charge in [-0.25, -0.2) is 18.4 Å². The van der Waals surface area contributed by atoms with E-state index < -0.39 is 23.6 Å². The number of aromatic carboxylic acids is 1. The summed E-state index contributed by atoms with van der Waals surface area (Å²) in [5.74, 6) is -2.24. The normalized spacial score (nSPS) is 12.5. The van der Waals surface area contributed by atoms with Gasteiger partial charge in [-0.2, -0.15) is 0 Å². The zero-order chi connectivity index (χ0) is 37.8. The van der Waals surface area contributed by atoms with E-state index in [1.165, 1.54) is 26.4 Å². The number of benzene rings is 6. The minimum absolute atomic E-state index is 0.0386. The topological polar surface area (TPSA) is 102 Å². The molecular weight excluding hydrogens is 690 g/mol. The fourth-order valence-corrected chi connectivity index (χ4v) is 7.99. The number of fused-ring (bicyclic) bond motifs is 6. The summed E-state index contributed by atoms with van der Waals surface area (Å²) in [6.07, 6.45) is 2.35. The van der Waals surface area contributed by atoms with E-state index >= 15 is 4.39 Å². The number of rotatable bonds is 7. The highest BCUT2D eigenvalue weighted by atomic mass is 19.1. The lowest BCUT2D eigenvalue weighted by atomic mass is 9.79. The zero-order valence-electron chi connectivity index (χ0n) is 29.7. The van der Waals surface area contributed by atoms with Crippen molar-refractivity contribution in [1.29, 1.82) is 0 Å². The summed E-state index contributed by atoms with van der Waals surface area (Å²) in [5, 5.41) is 20.9. The van der Waals surface area contributed by atoms with Gasteiger partial charge in [-0.15, -0.1) is 0 Å². The number of aromatic hydroxyl groups is 1. The molecule has 9 heteroatoms. The Hall–Kier alpha value is -6.48. The van der Waals surface area contributed by atoms with Crippen molar-refractivity contribution in [3.63, 3.8) is 0 Å². The molecule has 0 fully saturated rings. The summed E-state index contributed by atoms with van der Waals surface area (Å²) < 4.78 is 47.6. The molecule has 0 heterocycles. The molecule has 2 N–H and O–H groups in total. The number of phenols is 1. The quantitative estimate of drug-likeness (QED) is 0.125. The predicted molar refractivity (Wildman–Crippen MR) is 201 cm³/mol. The molecule has 0 unspecified atom stereocenters. The van der Waals surface area contributed by atoms with E-state index in [1.807, 2.05) is 6.92 Å². The van der Waals surface area contributed by atoms with Gasteiger partial charge in [-0.3, -0.25) is 0 Å². The fourth-order valence-electron chi connectivity index (χ4n) is 7.99.